The number of hydrogen-bond donors (Lipinski definition) is 0. The van der Waals surface area contributed by atoms with Gasteiger partial charge in [-0.25, -0.2) is 0 Å². The van der Waals surface area contributed by atoms with Crippen LogP contribution in [0.1, 0.15) is 18.9 Å². The summed E-state index contributed by atoms with van der Waals surface area (Å²) < 4.78 is 0. The zero-order chi connectivity index (χ0) is 8.81. The van der Waals surface area contributed by atoms with E-state index in [1.807, 2.05) is 25.1 Å². The maximum atomic E-state index is 5.19. The predicted octanol–water partition coefficient (Wildman–Crippen LogP) is 3.11. The smallest absolute Gasteiger partial charge is 0.0297 e. The second-order valence-electron chi connectivity index (χ2n) is 2.78. The molecular formula is C12H12. The molecule has 0 saturated carbocycles. The molecule has 0 saturated heterocycles. The lowest BCUT2D eigenvalue weighted by Crippen LogP contribution is -1.74. The van der Waals surface area contributed by atoms with Crippen LogP contribution in [0.4, 0.5) is 0 Å². The molecule has 0 heteroatoms. The summed E-state index contributed by atoms with van der Waals surface area (Å²) in [4.78, 5) is 0. The van der Waals surface area contributed by atoms with Crippen LogP contribution in [0.15, 0.2) is 35.9 Å². The molecule has 0 radical (unpaired) electrons. The average Bonchev–Trinajstić information content (AvgIpc) is 2.06. The van der Waals surface area contributed by atoms with Crippen molar-refractivity contribution in [1.82, 2.24) is 0 Å². The lowest BCUT2D eigenvalue weighted by Gasteiger charge is -1.94. The van der Waals surface area contributed by atoms with Gasteiger partial charge in [-0.2, -0.15) is 0 Å². The SMILES string of the molecule is C#CCC(C)=Cc1ccccc1. The average molecular weight is 156 g/mol. The maximum Gasteiger partial charge on any atom is 0.0297 e. The molecule has 0 N–H and O–H groups in total. The minimum Gasteiger partial charge on any atom is -0.120 e. The monoisotopic (exact) mass is 156 g/mol. The Balaban J connectivity index is 2.76. The van der Waals surface area contributed by atoms with Crippen molar-refractivity contribution in [3.63, 3.8) is 0 Å². The normalized spacial score (nSPS) is 10.8. The quantitative estimate of drug-likeness (QED) is 0.577. The predicted molar refractivity (Wildman–Crippen MR) is 53.5 cm³/mol. The van der Waals surface area contributed by atoms with Crippen molar-refractivity contribution in [2.45, 2.75) is 13.3 Å². The van der Waals surface area contributed by atoms with Gasteiger partial charge >= 0.3 is 0 Å². The van der Waals surface area contributed by atoms with Crippen LogP contribution in [0, 0.1) is 12.3 Å². The number of allylic oxidation sites excluding steroid dienone is 1. The Morgan fingerprint density at radius 1 is 1.42 bits per heavy atom. The van der Waals surface area contributed by atoms with E-state index in [9.17, 15) is 0 Å². The molecule has 0 aliphatic carbocycles. The molecule has 0 spiro atoms. The highest BCUT2D eigenvalue weighted by Gasteiger charge is 1.87. The van der Waals surface area contributed by atoms with Gasteiger partial charge in [0.05, 0.1) is 0 Å². The summed E-state index contributed by atoms with van der Waals surface area (Å²) in [6.45, 7) is 2.05. The molecule has 0 aromatic heterocycles. The summed E-state index contributed by atoms with van der Waals surface area (Å²) in [7, 11) is 0. The summed E-state index contributed by atoms with van der Waals surface area (Å²) >= 11 is 0. The molecule has 12 heavy (non-hydrogen) atoms. The number of benzene rings is 1. The van der Waals surface area contributed by atoms with Crippen molar-refractivity contribution in [2.24, 2.45) is 0 Å². The van der Waals surface area contributed by atoms with Gasteiger partial charge in [0, 0.05) is 6.42 Å². The highest BCUT2D eigenvalue weighted by Crippen LogP contribution is 2.07. The second kappa shape index (κ2) is 4.41. The van der Waals surface area contributed by atoms with Crippen LogP contribution in [0.25, 0.3) is 6.08 Å². The molecule has 1 rings (SSSR count). The van der Waals surface area contributed by atoms with Gasteiger partial charge in [0.2, 0.25) is 0 Å². The number of rotatable bonds is 2. The third-order valence-electron chi connectivity index (χ3n) is 1.59. The first kappa shape index (κ1) is 8.62. The molecule has 0 unspecified atom stereocenters. The van der Waals surface area contributed by atoms with Gasteiger partial charge in [-0.05, 0) is 12.5 Å². The molecular weight excluding hydrogens is 144 g/mol. The van der Waals surface area contributed by atoms with Crippen molar-refractivity contribution in [3.05, 3.63) is 41.5 Å². The Morgan fingerprint density at radius 3 is 2.67 bits per heavy atom. The van der Waals surface area contributed by atoms with E-state index in [0.29, 0.717) is 0 Å². The maximum absolute atomic E-state index is 5.19. The fraction of sp³-hybridized carbons (Fsp3) is 0.167. The largest absolute Gasteiger partial charge is 0.120 e. The highest BCUT2D eigenvalue weighted by atomic mass is 13.9. The molecule has 0 aliphatic heterocycles. The zero-order valence-corrected chi connectivity index (χ0v) is 7.25. The molecule has 0 atom stereocenters. The molecule has 0 amide bonds. The first-order valence-corrected chi connectivity index (χ1v) is 3.98. The van der Waals surface area contributed by atoms with E-state index < -0.39 is 0 Å². The summed E-state index contributed by atoms with van der Waals surface area (Å²) in [5, 5.41) is 0. The van der Waals surface area contributed by atoms with E-state index in [4.69, 9.17) is 6.42 Å². The molecule has 1 aromatic rings. The van der Waals surface area contributed by atoms with Gasteiger partial charge in [0.1, 0.15) is 0 Å². The van der Waals surface area contributed by atoms with Crippen LogP contribution >= 0.6 is 0 Å². The van der Waals surface area contributed by atoms with Crippen molar-refractivity contribution in [2.75, 3.05) is 0 Å². The van der Waals surface area contributed by atoms with Crippen LogP contribution in [0.2, 0.25) is 0 Å². The van der Waals surface area contributed by atoms with E-state index >= 15 is 0 Å². The summed E-state index contributed by atoms with van der Waals surface area (Å²) in [6, 6.07) is 10.2. The van der Waals surface area contributed by atoms with Gasteiger partial charge in [-0.1, -0.05) is 42.0 Å². The fourth-order valence-corrected chi connectivity index (χ4v) is 1.05. The van der Waals surface area contributed by atoms with Crippen molar-refractivity contribution >= 4 is 6.08 Å². The molecule has 0 heterocycles. The van der Waals surface area contributed by atoms with E-state index in [2.05, 4.69) is 24.1 Å². The molecule has 0 fully saturated rings. The van der Waals surface area contributed by atoms with Crippen LogP contribution < -0.4 is 0 Å². The molecule has 0 aliphatic rings. The minimum absolute atomic E-state index is 0.731. The first-order chi connectivity index (χ1) is 5.83. The van der Waals surface area contributed by atoms with Crippen LogP contribution in [-0.4, -0.2) is 0 Å². The fourth-order valence-electron chi connectivity index (χ4n) is 1.05. The number of terminal acetylenes is 1. The van der Waals surface area contributed by atoms with Gasteiger partial charge < -0.3 is 0 Å². The Bertz CT molecular complexity index is 299. The van der Waals surface area contributed by atoms with Gasteiger partial charge in [0.15, 0.2) is 0 Å². The third kappa shape index (κ3) is 2.64. The zero-order valence-electron chi connectivity index (χ0n) is 7.25. The van der Waals surface area contributed by atoms with Gasteiger partial charge in [0.25, 0.3) is 0 Å². The summed E-state index contributed by atoms with van der Waals surface area (Å²) in [6.07, 6.45) is 8.03. The van der Waals surface area contributed by atoms with Crippen molar-refractivity contribution < 1.29 is 0 Å². The van der Waals surface area contributed by atoms with E-state index in [-0.39, 0.29) is 0 Å². The number of hydrogen-bond acceptors (Lipinski definition) is 0. The summed E-state index contributed by atoms with van der Waals surface area (Å²) in [5.41, 5.74) is 2.44. The van der Waals surface area contributed by atoms with E-state index in [0.717, 1.165) is 6.42 Å². The minimum atomic E-state index is 0.731. The Morgan fingerprint density at radius 2 is 2.08 bits per heavy atom. The Hall–Kier alpha value is -1.48. The van der Waals surface area contributed by atoms with E-state index in [1.54, 1.807) is 0 Å². The Kier molecular flexibility index (Phi) is 3.17. The highest BCUT2D eigenvalue weighted by molar-refractivity contribution is 5.52. The van der Waals surface area contributed by atoms with Gasteiger partial charge in [-0.15, -0.1) is 12.3 Å². The lowest BCUT2D eigenvalue weighted by atomic mass is 10.1. The third-order valence-corrected chi connectivity index (χ3v) is 1.59. The van der Waals surface area contributed by atoms with E-state index in [1.165, 1.54) is 11.1 Å². The van der Waals surface area contributed by atoms with Crippen molar-refractivity contribution in [3.8, 4) is 12.3 Å². The van der Waals surface area contributed by atoms with Crippen LogP contribution in [0.5, 0.6) is 0 Å². The second-order valence-corrected chi connectivity index (χ2v) is 2.78. The van der Waals surface area contributed by atoms with Crippen LogP contribution in [0.3, 0.4) is 0 Å². The van der Waals surface area contributed by atoms with Crippen molar-refractivity contribution in [1.29, 1.82) is 0 Å². The molecule has 0 bridgehead atoms. The van der Waals surface area contributed by atoms with Gasteiger partial charge in [-0.3, -0.25) is 0 Å². The first-order valence-electron chi connectivity index (χ1n) is 3.98. The standard InChI is InChI=1S/C12H12/c1-3-7-11(2)10-12-8-5-4-6-9-12/h1,4-6,8-10H,7H2,2H3. The lowest BCUT2D eigenvalue weighted by molar-refractivity contribution is 1.28. The molecule has 0 nitrogen and oxygen atoms in total. The van der Waals surface area contributed by atoms with Crippen LogP contribution in [-0.2, 0) is 0 Å². The molecule has 1 aromatic carbocycles. The molecule has 60 valence electrons. The Labute approximate surface area is 73.9 Å². The topological polar surface area (TPSA) is 0 Å². The summed E-state index contributed by atoms with van der Waals surface area (Å²) in [5.74, 6) is 2.62.